The van der Waals surface area contributed by atoms with Crippen molar-refractivity contribution in [3.05, 3.63) is 48.0 Å². The van der Waals surface area contributed by atoms with Gasteiger partial charge in [0.25, 0.3) is 0 Å². The van der Waals surface area contributed by atoms with Crippen molar-refractivity contribution in [1.29, 1.82) is 0 Å². The summed E-state index contributed by atoms with van der Waals surface area (Å²) in [5.41, 5.74) is 1.11. The number of guanidine groups is 1. The minimum absolute atomic E-state index is 0. The number of ether oxygens (including phenoxy) is 1. The van der Waals surface area contributed by atoms with Crippen LogP contribution in [0.25, 0.3) is 0 Å². The van der Waals surface area contributed by atoms with Crippen LogP contribution in [0.15, 0.2) is 41.7 Å². The maximum absolute atomic E-state index is 13.7. The van der Waals surface area contributed by atoms with E-state index in [1.165, 1.54) is 6.07 Å². The Morgan fingerprint density at radius 3 is 2.62 bits per heavy atom. The molecule has 2 atom stereocenters. The number of benzene rings is 1. The summed E-state index contributed by atoms with van der Waals surface area (Å²) in [5.74, 6) is 0.588. The second-order valence-corrected chi connectivity index (χ2v) is 6.89. The summed E-state index contributed by atoms with van der Waals surface area (Å²) in [4.78, 5) is 6.82. The van der Waals surface area contributed by atoms with Gasteiger partial charge in [0.05, 0.1) is 25.3 Å². The maximum Gasteiger partial charge on any atom is 0.191 e. The molecule has 2 N–H and O–H groups in total. The number of aromatic nitrogens is 2. The molecule has 0 fully saturated rings. The lowest BCUT2D eigenvalue weighted by atomic mass is 10.1. The molecule has 2 unspecified atom stereocenters. The standard InChI is InChI=1S/C20H31FN6O.HI/c1-6-22-20(23-11-15(2)28-19-10-8-7-9-17(19)21)24-13-18(26(3)4)16-12-25-27(5)14-16;/h7-10,12,14-15,18H,6,11,13H2,1-5H3,(H2,22,23,24);1H. The summed E-state index contributed by atoms with van der Waals surface area (Å²) < 4.78 is 21.2. The summed E-state index contributed by atoms with van der Waals surface area (Å²) >= 11 is 0. The SMILES string of the molecule is CCNC(=NCC(c1cnn(C)c1)N(C)C)NCC(C)Oc1ccccc1F.I. The minimum Gasteiger partial charge on any atom is -0.486 e. The molecule has 0 saturated carbocycles. The Morgan fingerprint density at radius 1 is 1.31 bits per heavy atom. The van der Waals surface area contributed by atoms with E-state index in [-0.39, 0.29) is 47.7 Å². The van der Waals surface area contributed by atoms with Crippen molar-refractivity contribution in [2.75, 3.05) is 33.7 Å². The third-order valence-electron chi connectivity index (χ3n) is 4.22. The molecule has 9 heteroatoms. The number of hydrogen-bond donors (Lipinski definition) is 2. The number of rotatable bonds is 9. The van der Waals surface area contributed by atoms with Gasteiger partial charge in [-0.15, -0.1) is 24.0 Å². The van der Waals surface area contributed by atoms with Crippen LogP contribution in [-0.2, 0) is 7.05 Å². The zero-order chi connectivity index (χ0) is 20.5. The van der Waals surface area contributed by atoms with E-state index in [1.54, 1.807) is 22.9 Å². The Labute approximate surface area is 189 Å². The summed E-state index contributed by atoms with van der Waals surface area (Å²) in [6.07, 6.45) is 3.65. The largest absolute Gasteiger partial charge is 0.486 e. The molecular weight excluding hydrogens is 486 g/mol. The van der Waals surface area contributed by atoms with Gasteiger partial charge in [-0.1, -0.05) is 12.1 Å². The van der Waals surface area contributed by atoms with Crippen LogP contribution < -0.4 is 15.4 Å². The van der Waals surface area contributed by atoms with E-state index < -0.39 is 0 Å². The van der Waals surface area contributed by atoms with Gasteiger partial charge in [-0.05, 0) is 40.1 Å². The Morgan fingerprint density at radius 2 is 2.03 bits per heavy atom. The molecule has 0 aliphatic heterocycles. The molecule has 0 spiro atoms. The van der Waals surface area contributed by atoms with E-state index in [1.807, 2.05) is 47.4 Å². The van der Waals surface area contributed by atoms with Crippen LogP contribution in [0.5, 0.6) is 5.75 Å². The normalized spacial score (nSPS) is 13.6. The predicted octanol–water partition coefficient (Wildman–Crippen LogP) is 2.80. The highest BCUT2D eigenvalue weighted by Crippen LogP contribution is 2.18. The molecular formula is C20H32FIN6O. The van der Waals surface area contributed by atoms with E-state index >= 15 is 0 Å². The molecule has 1 aromatic carbocycles. The van der Waals surface area contributed by atoms with Crippen LogP contribution in [0.2, 0.25) is 0 Å². The van der Waals surface area contributed by atoms with Crippen molar-refractivity contribution in [2.24, 2.45) is 12.0 Å². The second-order valence-electron chi connectivity index (χ2n) is 6.89. The summed E-state index contributed by atoms with van der Waals surface area (Å²) in [6.45, 7) is 5.73. The Kier molecular flexibility index (Phi) is 11.0. The number of aliphatic imine (C=N–C) groups is 1. The van der Waals surface area contributed by atoms with Crippen LogP contribution in [-0.4, -0.2) is 60.5 Å². The highest BCUT2D eigenvalue weighted by Gasteiger charge is 2.16. The van der Waals surface area contributed by atoms with E-state index in [9.17, 15) is 4.39 Å². The molecule has 1 heterocycles. The number of aryl methyl sites for hydroxylation is 1. The summed E-state index contributed by atoms with van der Waals surface area (Å²) in [5, 5.41) is 10.8. The first-order valence-corrected chi connectivity index (χ1v) is 9.49. The average molecular weight is 518 g/mol. The summed E-state index contributed by atoms with van der Waals surface area (Å²) in [6, 6.07) is 6.53. The van der Waals surface area contributed by atoms with Crippen molar-refractivity contribution in [3.8, 4) is 5.75 Å². The van der Waals surface area contributed by atoms with Gasteiger partial charge >= 0.3 is 0 Å². The Hall–Kier alpha value is -1.88. The number of para-hydroxylation sites is 1. The number of nitrogens with zero attached hydrogens (tertiary/aromatic N) is 4. The predicted molar refractivity (Wildman–Crippen MR) is 126 cm³/mol. The average Bonchev–Trinajstić information content (AvgIpc) is 3.07. The molecule has 2 rings (SSSR count). The van der Waals surface area contributed by atoms with Crippen molar-refractivity contribution < 1.29 is 9.13 Å². The summed E-state index contributed by atoms with van der Waals surface area (Å²) in [7, 11) is 5.96. The molecule has 0 saturated heterocycles. The molecule has 0 radical (unpaired) electrons. The highest BCUT2D eigenvalue weighted by atomic mass is 127. The molecule has 0 bridgehead atoms. The van der Waals surface area contributed by atoms with Crippen molar-refractivity contribution in [3.63, 3.8) is 0 Å². The third-order valence-corrected chi connectivity index (χ3v) is 4.22. The van der Waals surface area contributed by atoms with Gasteiger partial charge in [0.2, 0.25) is 0 Å². The quantitative estimate of drug-likeness (QED) is 0.304. The van der Waals surface area contributed by atoms with Crippen LogP contribution >= 0.6 is 24.0 Å². The lowest BCUT2D eigenvalue weighted by molar-refractivity contribution is 0.214. The molecule has 0 aliphatic rings. The maximum atomic E-state index is 13.7. The fourth-order valence-corrected chi connectivity index (χ4v) is 2.74. The Balaban J connectivity index is 0.00000420. The topological polar surface area (TPSA) is 66.7 Å². The number of halogens is 2. The third kappa shape index (κ3) is 8.17. The lowest BCUT2D eigenvalue weighted by Gasteiger charge is -2.22. The first-order valence-electron chi connectivity index (χ1n) is 9.49. The van der Waals surface area contributed by atoms with Crippen molar-refractivity contribution >= 4 is 29.9 Å². The molecule has 29 heavy (non-hydrogen) atoms. The van der Waals surface area contributed by atoms with E-state index in [0.717, 1.165) is 12.1 Å². The zero-order valence-electron chi connectivity index (χ0n) is 17.7. The number of hydrogen-bond acceptors (Lipinski definition) is 4. The zero-order valence-corrected chi connectivity index (χ0v) is 20.1. The van der Waals surface area contributed by atoms with Crippen LogP contribution in [0.4, 0.5) is 4.39 Å². The van der Waals surface area contributed by atoms with Crippen LogP contribution in [0.3, 0.4) is 0 Å². The van der Waals surface area contributed by atoms with E-state index in [4.69, 9.17) is 9.73 Å². The lowest BCUT2D eigenvalue weighted by Crippen LogP contribution is -2.42. The van der Waals surface area contributed by atoms with E-state index in [0.29, 0.717) is 19.0 Å². The highest BCUT2D eigenvalue weighted by molar-refractivity contribution is 14.0. The molecule has 2 aromatic rings. The van der Waals surface area contributed by atoms with Gasteiger partial charge in [-0.25, -0.2) is 4.39 Å². The second kappa shape index (κ2) is 12.6. The molecule has 1 aromatic heterocycles. The van der Waals surface area contributed by atoms with Gasteiger partial charge in [0.1, 0.15) is 6.10 Å². The minimum atomic E-state index is -0.361. The Bertz CT molecular complexity index is 767. The van der Waals surface area contributed by atoms with Crippen molar-refractivity contribution in [2.45, 2.75) is 26.0 Å². The van der Waals surface area contributed by atoms with Crippen molar-refractivity contribution in [1.82, 2.24) is 25.3 Å². The smallest absolute Gasteiger partial charge is 0.191 e. The van der Waals surface area contributed by atoms with E-state index in [2.05, 4.69) is 20.6 Å². The molecule has 7 nitrogen and oxygen atoms in total. The van der Waals surface area contributed by atoms with Gasteiger partial charge < -0.3 is 20.3 Å². The van der Waals surface area contributed by atoms with Gasteiger partial charge in [-0.3, -0.25) is 9.67 Å². The van der Waals surface area contributed by atoms with Gasteiger partial charge in [-0.2, -0.15) is 5.10 Å². The van der Waals surface area contributed by atoms with Crippen LogP contribution in [0.1, 0.15) is 25.5 Å². The number of likely N-dealkylation sites (N-methyl/N-ethyl adjacent to an activating group) is 1. The first kappa shape index (κ1) is 25.2. The first-order chi connectivity index (χ1) is 13.4. The monoisotopic (exact) mass is 518 g/mol. The molecule has 162 valence electrons. The number of nitrogens with one attached hydrogen (secondary N) is 2. The fourth-order valence-electron chi connectivity index (χ4n) is 2.74. The molecule has 0 amide bonds. The van der Waals surface area contributed by atoms with Crippen LogP contribution in [0, 0.1) is 5.82 Å². The van der Waals surface area contributed by atoms with Gasteiger partial charge in [0.15, 0.2) is 17.5 Å². The molecule has 0 aliphatic carbocycles. The van der Waals surface area contributed by atoms with Gasteiger partial charge in [0, 0.05) is 25.4 Å². The fraction of sp³-hybridized carbons (Fsp3) is 0.500.